The average molecular weight is 190 g/mol. The van der Waals surface area contributed by atoms with E-state index in [4.69, 9.17) is 0 Å². The maximum atomic E-state index is 12.1. The molecule has 0 rings (SSSR count). The predicted molar refractivity (Wildman–Crippen MR) is 42.1 cm³/mol. The zero-order valence-electron chi connectivity index (χ0n) is 6.53. The van der Waals surface area contributed by atoms with Gasteiger partial charge in [0.1, 0.15) is 0 Å². The fourth-order valence-corrected chi connectivity index (χ4v) is 1.34. The molecule has 0 spiro atoms. The molecule has 0 aromatic heterocycles. The molecule has 0 aromatic rings. The highest BCUT2D eigenvalue weighted by molar-refractivity contribution is 8.21. The molecule has 0 saturated carbocycles. The quantitative estimate of drug-likeness (QED) is 0.647. The van der Waals surface area contributed by atoms with E-state index in [1.54, 1.807) is 13.8 Å². The van der Waals surface area contributed by atoms with Crippen molar-refractivity contribution < 1.29 is 11.7 Å². The number of hydrogen-bond acceptors (Lipinski definition) is 2. The second-order valence-corrected chi connectivity index (χ2v) is 3.29. The van der Waals surface area contributed by atoms with Crippen LogP contribution in [-0.4, -0.2) is 18.6 Å². The van der Waals surface area contributed by atoms with E-state index < -0.39 is 16.7 Å². The zero-order valence-corrected chi connectivity index (χ0v) is 7.35. The lowest BCUT2D eigenvalue weighted by Crippen LogP contribution is -2.42. The molecule has 11 heavy (non-hydrogen) atoms. The maximum Gasteiger partial charge on any atom is 0.238 e. The molecule has 2 nitrogen and oxygen atoms in total. The van der Waals surface area contributed by atoms with Gasteiger partial charge in [0.2, 0.25) is 11.2 Å². The molecule has 6 heteroatoms. The topological polar surface area (TPSA) is 24.1 Å². The molecule has 0 aliphatic rings. The molecule has 0 bridgehead atoms. The van der Waals surface area contributed by atoms with Crippen molar-refractivity contribution in [2.75, 3.05) is 13.1 Å². The summed E-state index contributed by atoms with van der Waals surface area (Å²) in [5.41, 5.74) is -1.49. The molecule has 0 aliphatic carbocycles. The predicted octanol–water partition coefficient (Wildman–Crippen LogP) is 1.95. The van der Waals surface area contributed by atoms with Gasteiger partial charge in [-0.1, -0.05) is 13.8 Å². The van der Waals surface area contributed by atoms with Crippen molar-refractivity contribution in [3.8, 4) is 0 Å². The van der Waals surface area contributed by atoms with Crippen LogP contribution in [0.25, 0.3) is 0 Å². The van der Waals surface area contributed by atoms with Crippen molar-refractivity contribution in [3.05, 3.63) is 0 Å². The van der Waals surface area contributed by atoms with Gasteiger partial charge >= 0.3 is 0 Å². The second kappa shape index (κ2) is 4.84. The van der Waals surface area contributed by atoms with E-state index in [9.17, 15) is 11.7 Å². The number of hydrogen-bond donors (Lipinski definition) is 2. The lowest BCUT2D eigenvalue weighted by Gasteiger charge is -2.23. The number of rotatable bonds is 5. The third-order valence-electron chi connectivity index (χ3n) is 1.05. The number of halogens is 3. The fraction of sp³-hybridized carbons (Fsp3) is 1.00. The first kappa shape index (κ1) is 11.1. The smallest absolute Gasteiger partial charge is 0.238 e. The highest BCUT2D eigenvalue weighted by Gasteiger charge is 2.32. The SMILES string of the molecule is CCNC(NCC)S(F)(F)F. The lowest BCUT2D eigenvalue weighted by atomic mass is 10.7. The van der Waals surface area contributed by atoms with E-state index in [2.05, 4.69) is 10.6 Å². The molecule has 0 aliphatic heterocycles. The van der Waals surface area contributed by atoms with Gasteiger partial charge in [-0.05, 0) is 13.1 Å². The summed E-state index contributed by atoms with van der Waals surface area (Å²) in [4.78, 5) is 0. The Kier molecular flexibility index (Phi) is 4.87. The van der Waals surface area contributed by atoms with Crippen molar-refractivity contribution >= 4 is 11.2 Å². The normalized spacial score (nSPS) is 14.0. The Hall–Kier alpha value is 0.0600. The molecule has 0 atom stereocenters. The summed E-state index contributed by atoms with van der Waals surface area (Å²) in [6.07, 6.45) is 0. The zero-order chi connectivity index (χ0) is 8.91. The van der Waals surface area contributed by atoms with Gasteiger partial charge in [-0.15, -0.1) is 11.7 Å². The van der Waals surface area contributed by atoms with Gasteiger partial charge in [-0.25, -0.2) is 0 Å². The fourth-order valence-electron chi connectivity index (χ4n) is 0.632. The molecule has 0 radical (unpaired) electrons. The first-order chi connectivity index (χ1) is 5.02. The lowest BCUT2D eigenvalue weighted by molar-refractivity contribution is 0.492. The molecule has 0 heterocycles. The van der Waals surface area contributed by atoms with Crippen LogP contribution in [0.2, 0.25) is 0 Å². The van der Waals surface area contributed by atoms with Crippen LogP contribution in [0.5, 0.6) is 0 Å². The Morgan fingerprint density at radius 3 is 1.64 bits per heavy atom. The summed E-state index contributed by atoms with van der Waals surface area (Å²) < 4.78 is 36.2. The molecule has 0 aromatic carbocycles. The van der Waals surface area contributed by atoms with E-state index in [-0.39, 0.29) is 0 Å². The van der Waals surface area contributed by atoms with E-state index in [1.165, 1.54) is 0 Å². The van der Waals surface area contributed by atoms with E-state index >= 15 is 0 Å². The number of nitrogens with one attached hydrogen (secondary N) is 2. The molecule has 70 valence electrons. The van der Waals surface area contributed by atoms with Gasteiger partial charge in [-0.2, -0.15) is 0 Å². The molecule has 0 fully saturated rings. The summed E-state index contributed by atoms with van der Waals surface area (Å²) in [6.45, 7) is 3.94. The highest BCUT2D eigenvalue weighted by Crippen LogP contribution is 2.55. The maximum absolute atomic E-state index is 12.1. The Labute approximate surface area is 66.7 Å². The van der Waals surface area contributed by atoms with Crippen molar-refractivity contribution in [3.63, 3.8) is 0 Å². The van der Waals surface area contributed by atoms with Crippen molar-refractivity contribution in [2.24, 2.45) is 0 Å². The van der Waals surface area contributed by atoms with Crippen LogP contribution in [0.4, 0.5) is 11.7 Å². The Bertz CT molecular complexity index is 100. The Balaban J connectivity index is 3.88. The molecule has 0 unspecified atom stereocenters. The van der Waals surface area contributed by atoms with Crippen LogP contribution >= 0.6 is 11.2 Å². The van der Waals surface area contributed by atoms with Gasteiger partial charge < -0.3 is 0 Å². The molecular formula is C5H13F3N2S. The van der Waals surface area contributed by atoms with Gasteiger partial charge in [-0.3, -0.25) is 10.6 Å². The van der Waals surface area contributed by atoms with Gasteiger partial charge in [0, 0.05) is 0 Å². The average Bonchev–Trinajstić information content (AvgIpc) is 1.85. The van der Waals surface area contributed by atoms with Crippen LogP contribution in [0.15, 0.2) is 0 Å². The largest absolute Gasteiger partial charge is 0.289 e. The van der Waals surface area contributed by atoms with Crippen LogP contribution in [0.1, 0.15) is 13.8 Å². The monoisotopic (exact) mass is 190 g/mol. The second-order valence-electron chi connectivity index (χ2n) is 1.94. The van der Waals surface area contributed by atoms with Crippen LogP contribution < -0.4 is 10.6 Å². The van der Waals surface area contributed by atoms with Crippen LogP contribution in [0, 0.1) is 0 Å². The summed E-state index contributed by atoms with van der Waals surface area (Å²) in [5.74, 6) is 0. The molecule has 2 N–H and O–H groups in total. The van der Waals surface area contributed by atoms with E-state index in [1.807, 2.05) is 0 Å². The minimum Gasteiger partial charge on any atom is -0.289 e. The standard InChI is InChI=1S/C5H13F3N2S/c1-3-9-5(10-4-2)11(6,7)8/h5,9-10H,3-4H2,1-2H3. The third kappa shape index (κ3) is 4.49. The summed E-state index contributed by atoms with van der Waals surface area (Å²) in [6, 6.07) is 0. The first-order valence-electron chi connectivity index (χ1n) is 3.40. The highest BCUT2D eigenvalue weighted by atomic mass is 32.3. The van der Waals surface area contributed by atoms with Gasteiger partial charge in [0.05, 0.1) is 0 Å². The summed E-state index contributed by atoms with van der Waals surface area (Å²) >= 11 is -5.01. The van der Waals surface area contributed by atoms with E-state index in [0.717, 1.165) is 0 Å². The Morgan fingerprint density at radius 2 is 1.45 bits per heavy atom. The minimum absolute atomic E-state index is 0.324. The third-order valence-corrected chi connectivity index (χ3v) is 1.91. The van der Waals surface area contributed by atoms with Gasteiger partial charge in [0.15, 0.2) is 5.50 Å². The molecule has 0 amide bonds. The summed E-state index contributed by atoms with van der Waals surface area (Å²) in [5, 5.41) is 4.65. The first-order valence-corrected chi connectivity index (χ1v) is 4.79. The molecule has 0 saturated heterocycles. The summed E-state index contributed by atoms with van der Waals surface area (Å²) in [7, 11) is 0. The Morgan fingerprint density at radius 1 is 1.09 bits per heavy atom. The van der Waals surface area contributed by atoms with Crippen LogP contribution in [0.3, 0.4) is 0 Å². The van der Waals surface area contributed by atoms with Gasteiger partial charge in [0.25, 0.3) is 0 Å². The minimum atomic E-state index is -5.01. The van der Waals surface area contributed by atoms with E-state index in [0.29, 0.717) is 13.1 Å². The van der Waals surface area contributed by atoms with Crippen molar-refractivity contribution in [1.82, 2.24) is 10.6 Å². The molecular weight excluding hydrogens is 177 g/mol. The van der Waals surface area contributed by atoms with Crippen molar-refractivity contribution in [1.29, 1.82) is 0 Å². The van der Waals surface area contributed by atoms with Crippen LogP contribution in [-0.2, 0) is 0 Å². The van der Waals surface area contributed by atoms with Crippen molar-refractivity contribution in [2.45, 2.75) is 19.3 Å².